The van der Waals surface area contributed by atoms with Gasteiger partial charge in [-0.25, -0.2) is 4.98 Å². The van der Waals surface area contributed by atoms with Crippen molar-refractivity contribution in [3.05, 3.63) is 70.9 Å². The fraction of sp³-hybridized carbons (Fsp3) is 0.406. The number of carbonyl (C=O) groups excluding carboxylic acids is 1. The van der Waals surface area contributed by atoms with Gasteiger partial charge in [0.05, 0.1) is 23.7 Å². The lowest BCUT2D eigenvalue weighted by Crippen LogP contribution is -2.46. The van der Waals surface area contributed by atoms with Crippen LogP contribution in [0.3, 0.4) is 0 Å². The van der Waals surface area contributed by atoms with Crippen LogP contribution in [0.1, 0.15) is 56.1 Å². The van der Waals surface area contributed by atoms with E-state index in [2.05, 4.69) is 10.2 Å². The van der Waals surface area contributed by atoms with E-state index in [1.165, 1.54) is 0 Å². The number of aryl methyl sites for hydroxylation is 1. The third-order valence-corrected chi connectivity index (χ3v) is 7.63. The molecular formula is C32H40ClN3O4. The van der Waals surface area contributed by atoms with Gasteiger partial charge in [-0.1, -0.05) is 62.7 Å². The topological polar surface area (TPSA) is 91.8 Å². The van der Waals surface area contributed by atoms with Crippen molar-refractivity contribution in [1.29, 1.82) is 0 Å². The predicted molar refractivity (Wildman–Crippen MR) is 161 cm³/mol. The van der Waals surface area contributed by atoms with Crippen LogP contribution in [-0.4, -0.2) is 60.2 Å². The van der Waals surface area contributed by atoms with E-state index < -0.39 is 23.3 Å². The number of pyridine rings is 1. The summed E-state index contributed by atoms with van der Waals surface area (Å²) in [4.78, 5) is 31.9. The number of hydrogen-bond donors (Lipinski definition) is 2. The van der Waals surface area contributed by atoms with E-state index in [-0.39, 0.29) is 12.1 Å². The normalized spacial score (nSPS) is 12.3. The molecule has 0 aliphatic carbocycles. The van der Waals surface area contributed by atoms with Gasteiger partial charge in [0.15, 0.2) is 0 Å². The number of halogens is 1. The zero-order valence-electron chi connectivity index (χ0n) is 24.3. The second kappa shape index (κ2) is 13.8. The monoisotopic (exact) mass is 565 g/mol. The SMILES string of the molecule is CCC(C)(C)[C@H](CC(=O)O)NC(=O)c1ccc(-c2ccccc2C)c(-c2ccc(Cl)c(OCCCN(C)C)c2)n1. The highest BCUT2D eigenvalue weighted by molar-refractivity contribution is 6.32. The third-order valence-electron chi connectivity index (χ3n) is 7.31. The van der Waals surface area contributed by atoms with Crippen molar-refractivity contribution in [3.63, 3.8) is 0 Å². The second-order valence-corrected chi connectivity index (χ2v) is 11.4. The highest BCUT2D eigenvalue weighted by Gasteiger charge is 2.32. The molecular weight excluding hydrogens is 526 g/mol. The summed E-state index contributed by atoms with van der Waals surface area (Å²) >= 11 is 6.48. The Kier molecular flexibility index (Phi) is 10.7. The smallest absolute Gasteiger partial charge is 0.305 e. The standard InChI is InChI=1S/C32H40ClN3O4/c1-7-32(3,4)28(20-29(37)38)35-31(39)26-16-14-24(23-12-9-8-11-21(23)2)30(34-26)22-13-15-25(33)27(19-22)40-18-10-17-36(5)6/h8-9,11-16,19,28H,7,10,17-18,20H2,1-6H3,(H,35,39)(H,37,38)/t28-/m0/s1. The molecule has 1 atom stereocenters. The number of ether oxygens (including phenoxy) is 1. The van der Waals surface area contributed by atoms with Crippen molar-refractivity contribution in [2.24, 2.45) is 5.41 Å². The largest absolute Gasteiger partial charge is 0.492 e. The van der Waals surface area contributed by atoms with Crippen molar-refractivity contribution in [3.8, 4) is 28.1 Å². The Labute approximate surface area is 242 Å². The van der Waals surface area contributed by atoms with Crippen LogP contribution in [0, 0.1) is 12.3 Å². The molecule has 1 aromatic heterocycles. The number of hydrogen-bond acceptors (Lipinski definition) is 5. The van der Waals surface area contributed by atoms with Gasteiger partial charge in [-0.05, 0) is 74.7 Å². The first-order valence-electron chi connectivity index (χ1n) is 13.6. The van der Waals surface area contributed by atoms with Gasteiger partial charge >= 0.3 is 5.97 Å². The number of nitrogens with one attached hydrogen (secondary N) is 1. The number of aliphatic carboxylic acids is 1. The number of carbonyl (C=O) groups is 2. The molecule has 214 valence electrons. The Bertz CT molecular complexity index is 1340. The summed E-state index contributed by atoms with van der Waals surface area (Å²) in [5.41, 5.74) is 4.11. The lowest BCUT2D eigenvalue weighted by Gasteiger charge is -2.33. The average Bonchev–Trinajstić information content (AvgIpc) is 2.91. The second-order valence-electron chi connectivity index (χ2n) is 11.0. The van der Waals surface area contributed by atoms with E-state index in [1.54, 1.807) is 12.1 Å². The molecule has 0 spiro atoms. The van der Waals surface area contributed by atoms with Gasteiger partial charge in [0, 0.05) is 23.7 Å². The van der Waals surface area contributed by atoms with Gasteiger partial charge in [-0.15, -0.1) is 0 Å². The van der Waals surface area contributed by atoms with E-state index in [1.807, 2.05) is 84.3 Å². The summed E-state index contributed by atoms with van der Waals surface area (Å²) in [6, 6.07) is 16.5. The third kappa shape index (κ3) is 8.05. The Morgan fingerprint density at radius 1 is 1.10 bits per heavy atom. The lowest BCUT2D eigenvalue weighted by atomic mass is 9.80. The molecule has 3 rings (SSSR count). The molecule has 0 bridgehead atoms. The first-order chi connectivity index (χ1) is 18.9. The summed E-state index contributed by atoms with van der Waals surface area (Å²) in [5.74, 6) is -0.828. The molecule has 8 heteroatoms. The van der Waals surface area contributed by atoms with Crippen molar-refractivity contribution in [2.45, 2.75) is 53.0 Å². The number of amides is 1. The van der Waals surface area contributed by atoms with Crippen LogP contribution in [-0.2, 0) is 4.79 Å². The van der Waals surface area contributed by atoms with Gasteiger partial charge < -0.3 is 20.1 Å². The van der Waals surface area contributed by atoms with Gasteiger partial charge in [-0.2, -0.15) is 0 Å². The van der Waals surface area contributed by atoms with E-state index in [0.717, 1.165) is 35.2 Å². The van der Waals surface area contributed by atoms with E-state index in [0.29, 0.717) is 29.5 Å². The molecule has 0 aliphatic rings. The quantitative estimate of drug-likeness (QED) is 0.224. The summed E-state index contributed by atoms with van der Waals surface area (Å²) < 4.78 is 6.01. The minimum atomic E-state index is -0.963. The average molecular weight is 566 g/mol. The Hall–Kier alpha value is -3.42. The first kappa shape index (κ1) is 31.1. The maximum Gasteiger partial charge on any atom is 0.305 e. The molecule has 3 aromatic rings. The van der Waals surface area contributed by atoms with Gasteiger partial charge in [0.2, 0.25) is 0 Å². The summed E-state index contributed by atoms with van der Waals surface area (Å²) in [6.07, 6.45) is 1.38. The van der Waals surface area contributed by atoms with Crippen molar-refractivity contribution >= 4 is 23.5 Å². The highest BCUT2D eigenvalue weighted by atomic mass is 35.5. The summed E-state index contributed by atoms with van der Waals surface area (Å²) in [7, 11) is 4.03. The molecule has 0 radical (unpaired) electrons. The van der Waals surface area contributed by atoms with Gasteiger partial charge in [-0.3, -0.25) is 9.59 Å². The molecule has 0 saturated carbocycles. The summed E-state index contributed by atoms with van der Waals surface area (Å²) in [5, 5.41) is 12.9. The Morgan fingerprint density at radius 2 is 1.82 bits per heavy atom. The molecule has 0 aliphatic heterocycles. The van der Waals surface area contributed by atoms with Crippen molar-refractivity contribution in [2.75, 3.05) is 27.2 Å². The number of aromatic nitrogens is 1. The van der Waals surface area contributed by atoms with E-state index >= 15 is 0 Å². The molecule has 0 unspecified atom stereocenters. The molecule has 2 N–H and O–H groups in total. The molecule has 1 amide bonds. The zero-order valence-corrected chi connectivity index (χ0v) is 25.0. The van der Waals surface area contributed by atoms with E-state index in [9.17, 15) is 14.7 Å². The van der Waals surface area contributed by atoms with Crippen LogP contribution in [0.25, 0.3) is 22.4 Å². The van der Waals surface area contributed by atoms with Crippen LogP contribution >= 0.6 is 11.6 Å². The molecule has 0 fully saturated rings. The number of nitrogens with zero attached hydrogens (tertiary/aromatic N) is 2. The number of carboxylic acid groups (broad SMARTS) is 1. The highest BCUT2D eigenvalue weighted by Crippen LogP contribution is 2.36. The van der Waals surface area contributed by atoms with Crippen molar-refractivity contribution < 1.29 is 19.4 Å². The predicted octanol–water partition coefficient (Wildman–Crippen LogP) is 6.72. The Balaban J connectivity index is 2.05. The maximum absolute atomic E-state index is 13.4. The van der Waals surface area contributed by atoms with Gasteiger partial charge in [0.25, 0.3) is 5.91 Å². The minimum absolute atomic E-state index is 0.174. The fourth-order valence-corrected chi connectivity index (χ4v) is 4.57. The number of carboxylic acids is 1. The molecule has 0 saturated heterocycles. The number of rotatable bonds is 13. The Morgan fingerprint density at radius 3 is 2.48 bits per heavy atom. The molecule has 2 aromatic carbocycles. The van der Waals surface area contributed by atoms with Crippen LogP contribution < -0.4 is 10.1 Å². The minimum Gasteiger partial charge on any atom is -0.492 e. The van der Waals surface area contributed by atoms with Crippen LogP contribution in [0.4, 0.5) is 0 Å². The van der Waals surface area contributed by atoms with Gasteiger partial charge in [0.1, 0.15) is 11.4 Å². The fourth-order valence-electron chi connectivity index (χ4n) is 4.40. The molecule has 40 heavy (non-hydrogen) atoms. The van der Waals surface area contributed by atoms with Crippen molar-refractivity contribution in [1.82, 2.24) is 15.2 Å². The lowest BCUT2D eigenvalue weighted by molar-refractivity contribution is -0.138. The van der Waals surface area contributed by atoms with Crippen LogP contribution in [0.15, 0.2) is 54.6 Å². The van der Waals surface area contributed by atoms with E-state index in [4.69, 9.17) is 21.3 Å². The van der Waals surface area contributed by atoms with Crippen LogP contribution in [0.5, 0.6) is 5.75 Å². The first-order valence-corrected chi connectivity index (χ1v) is 14.0. The molecule has 1 heterocycles. The van der Waals surface area contributed by atoms with Crippen LogP contribution in [0.2, 0.25) is 5.02 Å². The maximum atomic E-state index is 13.4. The number of benzene rings is 2. The summed E-state index contributed by atoms with van der Waals surface area (Å²) in [6.45, 7) is 9.33. The zero-order chi connectivity index (χ0) is 29.4. The molecule has 7 nitrogen and oxygen atoms in total.